The number of amides is 1. The van der Waals surface area contributed by atoms with Gasteiger partial charge in [-0.3, -0.25) is 14.5 Å². The van der Waals surface area contributed by atoms with Gasteiger partial charge in [0.15, 0.2) is 10.6 Å². The molecule has 0 fully saturated rings. The van der Waals surface area contributed by atoms with Crippen molar-refractivity contribution in [2.24, 2.45) is 0 Å². The Hall–Kier alpha value is -3.71. The smallest absolute Gasteiger partial charge is 0.221 e. The van der Waals surface area contributed by atoms with Gasteiger partial charge in [0.1, 0.15) is 23.2 Å². The Kier molecular flexibility index (Phi) is 7.35. The number of nitriles is 1. The summed E-state index contributed by atoms with van der Waals surface area (Å²) >= 11 is 5.29. The number of hydrogen-bond donors (Lipinski definition) is 3. The van der Waals surface area contributed by atoms with Gasteiger partial charge < -0.3 is 15.4 Å². The molecule has 0 bridgehead atoms. The highest BCUT2D eigenvalue weighted by Gasteiger charge is 2.11. The fourth-order valence-corrected chi connectivity index (χ4v) is 3.19. The van der Waals surface area contributed by atoms with E-state index in [0.717, 1.165) is 11.3 Å². The molecule has 3 aromatic rings. The number of hydrogen-bond acceptors (Lipinski definition) is 6. The van der Waals surface area contributed by atoms with Crippen molar-refractivity contribution in [2.45, 2.75) is 13.0 Å². The summed E-state index contributed by atoms with van der Waals surface area (Å²) in [7, 11) is 1.60. The molecule has 31 heavy (non-hydrogen) atoms. The quantitative estimate of drug-likeness (QED) is 0.348. The van der Waals surface area contributed by atoms with Crippen molar-refractivity contribution < 1.29 is 13.9 Å². The van der Waals surface area contributed by atoms with Gasteiger partial charge in [-0.25, -0.2) is 4.39 Å². The summed E-state index contributed by atoms with van der Waals surface area (Å²) in [5, 5.41) is 21.8. The first-order valence-electron chi connectivity index (χ1n) is 9.52. The van der Waals surface area contributed by atoms with Crippen LogP contribution in [0, 0.1) is 21.9 Å². The molecule has 3 rings (SSSR count). The van der Waals surface area contributed by atoms with E-state index in [-0.39, 0.29) is 17.9 Å². The number of aromatic amines is 1. The van der Waals surface area contributed by atoms with Crippen LogP contribution in [-0.4, -0.2) is 40.9 Å². The summed E-state index contributed by atoms with van der Waals surface area (Å²) in [5.74, 6) is 0.626. The maximum absolute atomic E-state index is 13.6. The number of carbonyl (C=O) groups excluding carboxylic acids is 1. The molecule has 0 aliphatic heterocycles. The number of nitrogens with zero attached hydrogens (tertiary/aromatic N) is 3. The maximum Gasteiger partial charge on any atom is 0.221 e. The minimum Gasteiger partial charge on any atom is -0.497 e. The molecule has 0 spiro atoms. The third-order valence-corrected chi connectivity index (χ3v) is 4.87. The average molecular weight is 441 g/mol. The van der Waals surface area contributed by atoms with Gasteiger partial charge in [0.2, 0.25) is 5.91 Å². The molecule has 160 valence electrons. The summed E-state index contributed by atoms with van der Waals surface area (Å²) < 4.78 is 20.9. The fourth-order valence-electron chi connectivity index (χ4n) is 2.97. The zero-order chi connectivity index (χ0) is 22.2. The van der Waals surface area contributed by atoms with E-state index in [0.29, 0.717) is 35.9 Å². The van der Waals surface area contributed by atoms with E-state index < -0.39 is 5.82 Å². The van der Waals surface area contributed by atoms with Gasteiger partial charge >= 0.3 is 0 Å². The topological polar surface area (TPSA) is 108 Å². The maximum atomic E-state index is 13.6. The molecule has 0 atom stereocenters. The first-order valence-corrected chi connectivity index (χ1v) is 9.93. The molecule has 1 amide bonds. The molecule has 1 heterocycles. The highest BCUT2D eigenvalue weighted by atomic mass is 32.1. The second-order valence-corrected chi connectivity index (χ2v) is 6.92. The van der Waals surface area contributed by atoms with Crippen LogP contribution < -0.4 is 15.4 Å². The van der Waals surface area contributed by atoms with Crippen molar-refractivity contribution in [1.82, 2.24) is 20.1 Å². The van der Waals surface area contributed by atoms with E-state index in [9.17, 15) is 9.18 Å². The molecule has 3 N–H and O–H groups in total. The standard InChI is InChI=1S/C21H21FN6O2S/c1-30-15-7-5-14(6-8-15)20-26-27-21(31)28(20)12-9-19(29)25-11-10-24-18-4-2-3-17(22)16(18)13-23/h2-8,24H,9-12H2,1H3,(H,25,29)(H,27,31). The van der Waals surface area contributed by atoms with E-state index in [1.807, 2.05) is 30.3 Å². The number of carbonyl (C=O) groups is 1. The molecular weight excluding hydrogens is 419 g/mol. The molecule has 1 aromatic heterocycles. The number of methoxy groups -OCH3 is 1. The predicted octanol–water partition coefficient (Wildman–Crippen LogP) is 3.25. The SMILES string of the molecule is COc1ccc(-c2n[nH]c(=S)n2CCC(=O)NCCNc2cccc(F)c2C#N)cc1. The zero-order valence-corrected chi connectivity index (χ0v) is 17.6. The Morgan fingerprint density at radius 3 is 2.77 bits per heavy atom. The molecule has 2 aromatic carbocycles. The van der Waals surface area contributed by atoms with E-state index in [1.54, 1.807) is 17.7 Å². The molecule has 0 unspecified atom stereocenters. The lowest BCUT2D eigenvalue weighted by Crippen LogP contribution is -2.29. The average Bonchev–Trinajstić information content (AvgIpc) is 3.15. The lowest BCUT2D eigenvalue weighted by Gasteiger charge is -2.10. The second kappa shape index (κ2) is 10.4. The number of ether oxygens (including phenoxy) is 1. The lowest BCUT2D eigenvalue weighted by atomic mass is 10.2. The van der Waals surface area contributed by atoms with Gasteiger partial charge in [-0.15, -0.1) is 0 Å². The molecule has 0 radical (unpaired) electrons. The van der Waals surface area contributed by atoms with Crippen LogP contribution in [0.2, 0.25) is 0 Å². The van der Waals surface area contributed by atoms with Crippen molar-refractivity contribution in [3.63, 3.8) is 0 Å². The molecular formula is C21H21FN6O2S. The van der Waals surface area contributed by atoms with Gasteiger partial charge in [-0.1, -0.05) is 6.07 Å². The van der Waals surface area contributed by atoms with Crippen LogP contribution in [0.3, 0.4) is 0 Å². The van der Waals surface area contributed by atoms with Gasteiger partial charge in [0.25, 0.3) is 0 Å². The summed E-state index contributed by atoms with van der Waals surface area (Å²) in [6.45, 7) is 1.03. The number of rotatable bonds is 9. The largest absolute Gasteiger partial charge is 0.497 e. The molecule has 0 aliphatic carbocycles. The number of nitrogens with one attached hydrogen (secondary N) is 3. The molecule has 0 saturated heterocycles. The third-order valence-electron chi connectivity index (χ3n) is 4.56. The second-order valence-electron chi connectivity index (χ2n) is 6.53. The van der Waals surface area contributed by atoms with Gasteiger partial charge in [-0.2, -0.15) is 10.4 Å². The number of halogens is 1. The minimum absolute atomic E-state index is 0.0470. The Bertz CT molecular complexity index is 1150. The van der Waals surface area contributed by atoms with E-state index in [1.165, 1.54) is 12.1 Å². The van der Waals surface area contributed by atoms with Crippen LogP contribution in [-0.2, 0) is 11.3 Å². The van der Waals surface area contributed by atoms with E-state index in [4.69, 9.17) is 22.2 Å². The monoisotopic (exact) mass is 440 g/mol. The van der Waals surface area contributed by atoms with Crippen molar-refractivity contribution in [2.75, 3.05) is 25.5 Å². The Labute approximate surface area is 183 Å². The number of benzene rings is 2. The van der Waals surface area contributed by atoms with Crippen LogP contribution in [0.25, 0.3) is 11.4 Å². The summed E-state index contributed by atoms with van der Waals surface area (Å²) in [6, 6.07) is 13.6. The van der Waals surface area contributed by atoms with Crippen LogP contribution in [0.1, 0.15) is 12.0 Å². The molecule has 8 nitrogen and oxygen atoms in total. The highest BCUT2D eigenvalue weighted by molar-refractivity contribution is 7.71. The number of H-pyrrole nitrogens is 1. The predicted molar refractivity (Wildman–Crippen MR) is 117 cm³/mol. The van der Waals surface area contributed by atoms with Crippen LogP contribution >= 0.6 is 12.2 Å². The summed E-state index contributed by atoms with van der Waals surface area (Å²) in [5.41, 5.74) is 1.20. The first kappa shape index (κ1) is 22.0. The Balaban J connectivity index is 1.51. The number of anilines is 1. The lowest BCUT2D eigenvalue weighted by molar-refractivity contribution is -0.121. The molecule has 10 heteroatoms. The summed E-state index contributed by atoms with van der Waals surface area (Å²) in [6.07, 6.45) is 0.209. The van der Waals surface area contributed by atoms with Crippen LogP contribution in [0.4, 0.5) is 10.1 Å². The normalized spacial score (nSPS) is 10.4. The summed E-state index contributed by atoms with van der Waals surface area (Å²) in [4.78, 5) is 12.2. The van der Waals surface area contributed by atoms with Gasteiger partial charge in [0.05, 0.1) is 12.8 Å². The van der Waals surface area contributed by atoms with Crippen molar-refractivity contribution in [1.29, 1.82) is 5.26 Å². The first-order chi connectivity index (χ1) is 15.0. The van der Waals surface area contributed by atoms with Crippen molar-refractivity contribution in [3.8, 4) is 23.2 Å². The zero-order valence-electron chi connectivity index (χ0n) is 16.8. The molecule has 0 aliphatic rings. The minimum atomic E-state index is -0.582. The van der Waals surface area contributed by atoms with Gasteiger partial charge in [-0.05, 0) is 48.6 Å². The number of aromatic nitrogens is 3. The third kappa shape index (κ3) is 5.46. The van der Waals surface area contributed by atoms with Gasteiger partial charge in [0, 0.05) is 31.6 Å². The Morgan fingerprint density at radius 1 is 1.29 bits per heavy atom. The Morgan fingerprint density at radius 2 is 2.06 bits per heavy atom. The van der Waals surface area contributed by atoms with E-state index in [2.05, 4.69) is 20.8 Å². The van der Waals surface area contributed by atoms with Crippen molar-refractivity contribution >= 4 is 23.8 Å². The fraction of sp³-hybridized carbons (Fsp3) is 0.238. The highest BCUT2D eigenvalue weighted by Crippen LogP contribution is 2.21. The molecule has 0 saturated carbocycles. The van der Waals surface area contributed by atoms with Crippen molar-refractivity contribution in [3.05, 3.63) is 58.6 Å². The van der Waals surface area contributed by atoms with Crippen LogP contribution in [0.5, 0.6) is 5.75 Å². The van der Waals surface area contributed by atoms with Crippen LogP contribution in [0.15, 0.2) is 42.5 Å². The van der Waals surface area contributed by atoms with E-state index >= 15 is 0 Å².